The molecule has 7 nitrogen and oxygen atoms in total. The van der Waals surface area contributed by atoms with Gasteiger partial charge < -0.3 is 16.0 Å². The van der Waals surface area contributed by atoms with E-state index in [1.54, 1.807) is 37.5 Å². The van der Waals surface area contributed by atoms with Crippen LogP contribution in [0.3, 0.4) is 0 Å². The van der Waals surface area contributed by atoms with Crippen molar-refractivity contribution in [2.24, 2.45) is 0 Å². The molecule has 154 valence electrons. The van der Waals surface area contributed by atoms with Crippen LogP contribution in [-0.4, -0.2) is 29.0 Å². The minimum Gasteiger partial charge on any atom is -0.355 e. The highest BCUT2D eigenvalue weighted by Gasteiger charge is 2.14. The second-order valence-corrected chi connectivity index (χ2v) is 7.03. The monoisotopic (exact) mass is 411 g/mol. The molecule has 3 amide bonds. The van der Waals surface area contributed by atoms with Gasteiger partial charge in [0.05, 0.1) is 16.8 Å². The molecule has 2 heterocycles. The van der Waals surface area contributed by atoms with Gasteiger partial charge in [-0.3, -0.25) is 9.78 Å². The quantitative estimate of drug-likeness (QED) is 0.457. The van der Waals surface area contributed by atoms with Crippen molar-refractivity contribution in [3.05, 3.63) is 84.1 Å². The Morgan fingerprint density at radius 1 is 0.871 bits per heavy atom. The molecule has 4 rings (SSSR count). The minimum absolute atomic E-state index is 0.224. The lowest BCUT2D eigenvalue weighted by atomic mass is 10.1. The summed E-state index contributed by atoms with van der Waals surface area (Å²) in [5.74, 6) is -0.224. The Morgan fingerprint density at radius 3 is 2.16 bits per heavy atom. The summed E-state index contributed by atoms with van der Waals surface area (Å²) in [5, 5.41) is 8.25. The Kier molecular flexibility index (Phi) is 5.57. The first-order chi connectivity index (χ1) is 15.0. The fraction of sp³-hybridized carbons (Fsp3) is 0.0833. The number of pyridine rings is 2. The Hall–Kier alpha value is -4.26. The molecular formula is C24H21N5O2. The number of nitrogens with one attached hydrogen (secondary N) is 3. The molecule has 0 aliphatic carbocycles. The zero-order valence-corrected chi connectivity index (χ0v) is 17.1. The fourth-order valence-corrected chi connectivity index (χ4v) is 3.17. The Balaban J connectivity index is 1.55. The lowest BCUT2D eigenvalue weighted by Gasteiger charge is -2.10. The summed E-state index contributed by atoms with van der Waals surface area (Å²) >= 11 is 0. The van der Waals surface area contributed by atoms with Gasteiger partial charge in [-0.1, -0.05) is 29.8 Å². The van der Waals surface area contributed by atoms with Crippen molar-refractivity contribution in [3.63, 3.8) is 0 Å². The van der Waals surface area contributed by atoms with Gasteiger partial charge >= 0.3 is 6.03 Å². The van der Waals surface area contributed by atoms with Crippen molar-refractivity contribution in [2.75, 3.05) is 17.7 Å². The molecule has 0 aliphatic rings. The molecule has 0 bridgehead atoms. The lowest BCUT2D eigenvalue weighted by Crippen LogP contribution is -2.19. The molecule has 0 aliphatic heterocycles. The summed E-state index contributed by atoms with van der Waals surface area (Å²) in [6.45, 7) is 1.99. The first kappa shape index (κ1) is 20.0. The van der Waals surface area contributed by atoms with Crippen molar-refractivity contribution in [1.29, 1.82) is 0 Å². The van der Waals surface area contributed by atoms with E-state index < -0.39 is 0 Å². The second-order valence-electron chi connectivity index (χ2n) is 7.03. The smallest absolute Gasteiger partial charge is 0.323 e. The number of benzene rings is 2. The van der Waals surface area contributed by atoms with E-state index in [2.05, 4.69) is 25.9 Å². The van der Waals surface area contributed by atoms with Crippen LogP contribution in [0.5, 0.6) is 0 Å². The van der Waals surface area contributed by atoms with Crippen LogP contribution < -0.4 is 16.0 Å². The second kappa shape index (κ2) is 8.62. The normalized spacial score (nSPS) is 10.5. The molecule has 0 unspecified atom stereocenters. The van der Waals surface area contributed by atoms with Gasteiger partial charge in [-0.2, -0.15) is 0 Å². The summed E-state index contributed by atoms with van der Waals surface area (Å²) in [4.78, 5) is 33.5. The number of amides is 3. The van der Waals surface area contributed by atoms with Crippen LogP contribution >= 0.6 is 0 Å². The number of nitrogens with zero attached hydrogens (tertiary/aromatic N) is 2. The highest BCUT2D eigenvalue weighted by Crippen LogP contribution is 2.25. The maximum Gasteiger partial charge on any atom is 0.323 e. The van der Waals surface area contributed by atoms with E-state index in [0.717, 1.165) is 16.8 Å². The molecule has 0 atom stereocenters. The SMILES string of the molecule is CNC(=O)c1cc(-c2ccc(NC(=O)Nc3ccc(C)cc3)cc2)nc2cccnc12. The number of aryl methyl sites for hydroxylation is 1. The number of hydrogen-bond donors (Lipinski definition) is 3. The van der Waals surface area contributed by atoms with Gasteiger partial charge in [-0.25, -0.2) is 9.78 Å². The third-order valence-electron chi connectivity index (χ3n) is 4.78. The van der Waals surface area contributed by atoms with Crippen LogP contribution in [0.1, 0.15) is 15.9 Å². The van der Waals surface area contributed by atoms with Gasteiger partial charge in [0.1, 0.15) is 5.52 Å². The van der Waals surface area contributed by atoms with E-state index in [1.165, 1.54) is 0 Å². The first-order valence-corrected chi connectivity index (χ1v) is 9.76. The molecule has 0 radical (unpaired) electrons. The fourth-order valence-electron chi connectivity index (χ4n) is 3.17. The number of fused-ring (bicyclic) bond motifs is 1. The topological polar surface area (TPSA) is 96.0 Å². The van der Waals surface area contributed by atoms with E-state index in [1.807, 2.05) is 49.4 Å². The predicted octanol–water partition coefficient (Wildman–Crippen LogP) is 4.61. The van der Waals surface area contributed by atoms with Gasteiger partial charge in [-0.05, 0) is 49.4 Å². The van der Waals surface area contributed by atoms with Crippen molar-refractivity contribution >= 4 is 34.3 Å². The molecule has 31 heavy (non-hydrogen) atoms. The molecule has 0 spiro atoms. The summed E-state index contributed by atoms with van der Waals surface area (Å²) < 4.78 is 0. The molecule has 0 saturated heterocycles. The molecule has 0 saturated carbocycles. The number of aromatic nitrogens is 2. The maximum absolute atomic E-state index is 12.3. The molecule has 2 aromatic heterocycles. The zero-order chi connectivity index (χ0) is 21.8. The van der Waals surface area contributed by atoms with Gasteiger partial charge in [-0.15, -0.1) is 0 Å². The van der Waals surface area contributed by atoms with Crippen molar-refractivity contribution in [3.8, 4) is 11.3 Å². The molecule has 7 heteroatoms. The highest BCUT2D eigenvalue weighted by atomic mass is 16.2. The first-order valence-electron chi connectivity index (χ1n) is 9.76. The number of hydrogen-bond acceptors (Lipinski definition) is 4. The van der Waals surface area contributed by atoms with Crippen molar-refractivity contribution < 1.29 is 9.59 Å². The summed E-state index contributed by atoms with van der Waals surface area (Å²) in [6, 6.07) is 19.8. The molecule has 3 N–H and O–H groups in total. The van der Waals surface area contributed by atoms with Crippen LogP contribution in [0.15, 0.2) is 72.9 Å². The highest BCUT2D eigenvalue weighted by molar-refractivity contribution is 6.05. The Morgan fingerprint density at radius 2 is 1.52 bits per heavy atom. The van der Waals surface area contributed by atoms with Crippen molar-refractivity contribution in [2.45, 2.75) is 6.92 Å². The molecule has 0 fully saturated rings. The van der Waals surface area contributed by atoms with Gasteiger partial charge in [0.25, 0.3) is 5.91 Å². The van der Waals surface area contributed by atoms with E-state index in [9.17, 15) is 9.59 Å². The standard InChI is InChI=1S/C24H21N5O2/c1-15-5-9-17(10-6-15)27-24(31)28-18-11-7-16(8-12-18)21-14-19(23(30)25-2)22-20(29-21)4-3-13-26-22/h3-14H,1-2H3,(H,25,30)(H2,27,28,31). The van der Waals surface area contributed by atoms with Gasteiger partial charge in [0, 0.05) is 30.2 Å². The zero-order valence-electron chi connectivity index (χ0n) is 17.1. The van der Waals surface area contributed by atoms with Crippen molar-refractivity contribution in [1.82, 2.24) is 15.3 Å². The van der Waals surface area contributed by atoms with Crippen LogP contribution in [0.2, 0.25) is 0 Å². The number of anilines is 2. The molecule has 2 aromatic carbocycles. The maximum atomic E-state index is 12.3. The van der Waals surface area contributed by atoms with Crippen LogP contribution in [0.25, 0.3) is 22.3 Å². The predicted molar refractivity (Wildman–Crippen MR) is 122 cm³/mol. The number of rotatable bonds is 4. The van der Waals surface area contributed by atoms with E-state index in [-0.39, 0.29) is 11.9 Å². The van der Waals surface area contributed by atoms with Gasteiger partial charge in [0.15, 0.2) is 0 Å². The summed E-state index contributed by atoms with van der Waals surface area (Å²) in [6.07, 6.45) is 1.64. The Labute approximate surface area is 179 Å². The average Bonchev–Trinajstić information content (AvgIpc) is 2.80. The number of carbonyl (C=O) groups excluding carboxylic acids is 2. The summed E-state index contributed by atoms with van der Waals surface area (Å²) in [5.41, 5.74) is 5.60. The van der Waals surface area contributed by atoms with Crippen LogP contribution in [0, 0.1) is 6.92 Å². The van der Waals surface area contributed by atoms with E-state index >= 15 is 0 Å². The summed E-state index contributed by atoms with van der Waals surface area (Å²) in [7, 11) is 1.58. The van der Waals surface area contributed by atoms with E-state index in [4.69, 9.17) is 0 Å². The third kappa shape index (κ3) is 4.51. The number of urea groups is 1. The Bertz CT molecular complexity index is 1250. The van der Waals surface area contributed by atoms with Crippen LogP contribution in [-0.2, 0) is 0 Å². The molecular weight excluding hydrogens is 390 g/mol. The molecule has 4 aromatic rings. The minimum atomic E-state index is -0.326. The lowest BCUT2D eigenvalue weighted by molar-refractivity contribution is 0.0964. The van der Waals surface area contributed by atoms with Crippen LogP contribution in [0.4, 0.5) is 16.2 Å². The van der Waals surface area contributed by atoms with E-state index in [0.29, 0.717) is 28.0 Å². The van der Waals surface area contributed by atoms with Gasteiger partial charge in [0.2, 0.25) is 0 Å². The third-order valence-corrected chi connectivity index (χ3v) is 4.78. The average molecular weight is 411 g/mol. The largest absolute Gasteiger partial charge is 0.355 e. The number of carbonyl (C=O) groups is 2.